The normalized spacial score (nSPS) is 7.29. The van der Waals surface area contributed by atoms with Gasteiger partial charge in [0.1, 0.15) is 13.6 Å². The highest BCUT2D eigenvalue weighted by atomic mass is 16.1. The van der Waals surface area contributed by atoms with Gasteiger partial charge in [-0.05, 0) is 18.9 Å². The summed E-state index contributed by atoms with van der Waals surface area (Å²) in [5.41, 5.74) is 2.76. The molecular weight excluding hydrogens is 212 g/mol. The maximum atomic E-state index is 8.00. The summed E-state index contributed by atoms with van der Waals surface area (Å²) in [4.78, 5) is 16.0. The van der Waals surface area contributed by atoms with Crippen molar-refractivity contribution in [3.05, 3.63) is 35.4 Å². The Labute approximate surface area is 106 Å². The minimum atomic E-state index is 1.14. The van der Waals surface area contributed by atoms with Crippen molar-refractivity contribution in [1.82, 2.24) is 0 Å². The third-order valence-corrected chi connectivity index (χ3v) is 2.03. The average Bonchev–Trinajstić information content (AvgIpc) is 2.44. The molecule has 1 aromatic rings. The van der Waals surface area contributed by atoms with Crippen LogP contribution in [0.15, 0.2) is 24.3 Å². The van der Waals surface area contributed by atoms with E-state index in [0.717, 1.165) is 6.42 Å². The van der Waals surface area contributed by atoms with Gasteiger partial charge in [-0.2, -0.15) is 0 Å². The molecule has 0 heterocycles. The third kappa shape index (κ3) is 17.2. The summed E-state index contributed by atoms with van der Waals surface area (Å²) in [7, 11) is 0. The fourth-order valence-electron chi connectivity index (χ4n) is 0.824. The number of carbonyl (C=O) groups excluding carboxylic acids is 2. The molecule has 98 valence electrons. The zero-order valence-electron chi connectivity index (χ0n) is 11.7. The minimum Gasteiger partial charge on any atom is -0.307 e. The van der Waals surface area contributed by atoms with Crippen LogP contribution in [0.25, 0.3) is 0 Å². The number of carbonyl (C=O) groups is 2. The molecule has 0 radical (unpaired) electrons. The summed E-state index contributed by atoms with van der Waals surface area (Å²) in [6, 6.07) is 8.66. The van der Waals surface area contributed by atoms with E-state index in [9.17, 15) is 0 Å². The topological polar surface area (TPSA) is 34.1 Å². The molecule has 0 saturated carbocycles. The Hall–Kier alpha value is -1.44. The van der Waals surface area contributed by atoms with Crippen LogP contribution in [0.4, 0.5) is 0 Å². The lowest BCUT2D eigenvalue weighted by Crippen LogP contribution is -1.77. The highest BCUT2D eigenvalue weighted by Gasteiger charge is 1.84. The summed E-state index contributed by atoms with van der Waals surface area (Å²) >= 11 is 0. The van der Waals surface area contributed by atoms with Gasteiger partial charge in [0.05, 0.1) is 0 Å². The van der Waals surface area contributed by atoms with Gasteiger partial charge in [0, 0.05) is 0 Å². The van der Waals surface area contributed by atoms with E-state index in [1.54, 1.807) is 0 Å². The van der Waals surface area contributed by atoms with Crippen LogP contribution in [-0.4, -0.2) is 13.6 Å². The second kappa shape index (κ2) is 20.0. The van der Waals surface area contributed by atoms with Crippen molar-refractivity contribution in [2.24, 2.45) is 0 Å². The first-order valence-corrected chi connectivity index (χ1v) is 5.87. The fraction of sp³-hybridized carbons (Fsp3) is 0.467. The largest absolute Gasteiger partial charge is 0.307 e. The molecule has 0 N–H and O–H groups in total. The molecule has 0 fully saturated rings. The van der Waals surface area contributed by atoms with E-state index in [0.29, 0.717) is 0 Å². The lowest BCUT2D eigenvalue weighted by molar-refractivity contribution is -0.0987. The molecule has 0 aliphatic heterocycles. The zero-order valence-corrected chi connectivity index (χ0v) is 11.7. The van der Waals surface area contributed by atoms with Crippen molar-refractivity contribution < 1.29 is 9.59 Å². The van der Waals surface area contributed by atoms with E-state index in [1.807, 2.05) is 13.6 Å². The van der Waals surface area contributed by atoms with Crippen LogP contribution in [0, 0.1) is 6.92 Å². The summed E-state index contributed by atoms with van der Waals surface area (Å²) in [5, 5.41) is 0. The van der Waals surface area contributed by atoms with Crippen molar-refractivity contribution in [1.29, 1.82) is 0 Å². The van der Waals surface area contributed by atoms with Gasteiger partial charge < -0.3 is 9.59 Å². The van der Waals surface area contributed by atoms with E-state index < -0.39 is 0 Å². The molecule has 0 aliphatic carbocycles. The Morgan fingerprint density at radius 1 is 0.824 bits per heavy atom. The first-order valence-electron chi connectivity index (χ1n) is 5.87. The van der Waals surface area contributed by atoms with Gasteiger partial charge in [0.25, 0.3) is 0 Å². The number of hydrogen-bond acceptors (Lipinski definition) is 2. The second-order valence-electron chi connectivity index (χ2n) is 3.34. The van der Waals surface area contributed by atoms with Gasteiger partial charge in [-0.25, -0.2) is 0 Å². The molecule has 0 amide bonds. The van der Waals surface area contributed by atoms with Gasteiger partial charge in [-0.1, -0.05) is 63.4 Å². The van der Waals surface area contributed by atoms with Crippen molar-refractivity contribution in [3.8, 4) is 0 Å². The molecule has 0 unspecified atom stereocenters. The monoisotopic (exact) mass is 238 g/mol. The molecule has 17 heavy (non-hydrogen) atoms. The molecule has 0 aliphatic rings. The minimum absolute atomic E-state index is 1.14. The first-order chi connectivity index (χ1) is 8.24. The Bertz CT molecular complexity index is 225. The molecule has 1 rings (SSSR count). The van der Waals surface area contributed by atoms with Crippen molar-refractivity contribution >= 4 is 13.6 Å². The lowest BCUT2D eigenvalue weighted by atomic mass is 10.1. The predicted octanol–water partition coefficient (Wildman–Crippen LogP) is 3.99. The van der Waals surface area contributed by atoms with Crippen LogP contribution >= 0.6 is 0 Å². The van der Waals surface area contributed by atoms with Crippen molar-refractivity contribution in [2.45, 2.75) is 47.0 Å². The van der Waals surface area contributed by atoms with E-state index in [-0.39, 0.29) is 0 Å². The Morgan fingerprint density at radius 3 is 1.41 bits per heavy atom. The van der Waals surface area contributed by atoms with E-state index in [1.165, 1.54) is 24.0 Å². The number of rotatable bonds is 2. The summed E-state index contributed by atoms with van der Waals surface area (Å²) in [6.07, 6.45) is 3.78. The Balaban J connectivity index is -0.000000208. The molecule has 0 bridgehead atoms. The van der Waals surface area contributed by atoms with Crippen molar-refractivity contribution in [2.75, 3.05) is 0 Å². The van der Waals surface area contributed by atoms with Crippen LogP contribution in [0.1, 0.15) is 44.7 Å². The summed E-state index contributed by atoms with van der Waals surface area (Å²) in [6.45, 7) is 12.6. The molecule has 0 spiro atoms. The van der Waals surface area contributed by atoms with E-state index in [4.69, 9.17) is 9.59 Å². The van der Waals surface area contributed by atoms with Crippen LogP contribution in [-0.2, 0) is 16.0 Å². The molecule has 2 nitrogen and oxygen atoms in total. The molecule has 0 atom stereocenters. The van der Waals surface area contributed by atoms with Gasteiger partial charge in [0.15, 0.2) is 0 Å². The van der Waals surface area contributed by atoms with Crippen LogP contribution in [0.5, 0.6) is 0 Å². The Kier molecular flexibility index (Phi) is 24.6. The fourth-order valence-corrected chi connectivity index (χ4v) is 0.824. The highest BCUT2D eigenvalue weighted by molar-refractivity contribution is 5.20. The third-order valence-electron chi connectivity index (χ3n) is 2.03. The van der Waals surface area contributed by atoms with E-state index >= 15 is 0 Å². The van der Waals surface area contributed by atoms with Crippen LogP contribution < -0.4 is 0 Å². The molecule has 0 aromatic heterocycles. The smallest absolute Gasteiger partial charge is 0.106 e. The SMILES string of the molecule is C=O.C=O.CCCC.CCc1ccc(C)cc1. The number of benzene rings is 1. The number of hydrogen-bond donors (Lipinski definition) is 0. The summed E-state index contributed by atoms with van der Waals surface area (Å²) < 4.78 is 0. The quantitative estimate of drug-likeness (QED) is 0.780. The maximum absolute atomic E-state index is 8.00. The lowest BCUT2D eigenvalue weighted by Gasteiger charge is -1.94. The van der Waals surface area contributed by atoms with E-state index in [2.05, 4.69) is 52.0 Å². The molecule has 1 aromatic carbocycles. The molecular formula is C15H26O2. The number of unbranched alkanes of at least 4 members (excludes halogenated alkanes) is 1. The molecule has 2 heteroatoms. The Morgan fingerprint density at radius 2 is 1.18 bits per heavy atom. The summed E-state index contributed by atoms with van der Waals surface area (Å²) in [5.74, 6) is 0. The van der Waals surface area contributed by atoms with Gasteiger partial charge >= 0.3 is 0 Å². The van der Waals surface area contributed by atoms with Gasteiger partial charge in [-0.15, -0.1) is 0 Å². The van der Waals surface area contributed by atoms with Crippen LogP contribution in [0.2, 0.25) is 0 Å². The highest BCUT2D eigenvalue weighted by Crippen LogP contribution is 2.02. The van der Waals surface area contributed by atoms with Crippen LogP contribution in [0.3, 0.4) is 0 Å². The zero-order chi connectivity index (χ0) is 14.1. The standard InChI is InChI=1S/C9H12.C4H10.2CH2O/c1-3-9-6-4-8(2)5-7-9;1-3-4-2;2*1-2/h4-7H,3H2,1-2H3;3-4H2,1-2H3;2*1H2. The average molecular weight is 238 g/mol. The van der Waals surface area contributed by atoms with Gasteiger partial charge in [0.2, 0.25) is 0 Å². The van der Waals surface area contributed by atoms with Crippen molar-refractivity contribution in [3.63, 3.8) is 0 Å². The molecule has 0 saturated heterocycles. The maximum Gasteiger partial charge on any atom is 0.106 e. The van der Waals surface area contributed by atoms with Gasteiger partial charge in [-0.3, -0.25) is 0 Å². The predicted molar refractivity (Wildman–Crippen MR) is 75.4 cm³/mol. The number of aryl methyl sites for hydroxylation is 2. The second-order valence-corrected chi connectivity index (χ2v) is 3.34. The first kappa shape index (κ1) is 20.9.